The number of methoxy groups -OCH3 is 2. The van der Waals surface area contributed by atoms with Gasteiger partial charge in [0.25, 0.3) is 11.7 Å². The molecule has 2 bridgehead atoms. The van der Waals surface area contributed by atoms with Gasteiger partial charge >= 0.3 is 5.97 Å². The first kappa shape index (κ1) is 53.3. The molecule has 0 radical (unpaired) electrons. The number of ether oxygens (including phenoxy) is 4. The Labute approximate surface area is 381 Å². The summed E-state index contributed by atoms with van der Waals surface area (Å²) in [5, 5.41) is 22.3. The van der Waals surface area contributed by atoms with Crippen molar-refractivity contribution in [1.82, 2.24) is 4.90 Å². The maximum absolute atomic E-state index is 16.2. The smallest absolute Gasteiger partial charge is 0.329 e. The molecule has 4 aliphatic rings. The number of rotatable bonds is 5. The van der Waals surface area contributed by atoms with E-state index in [1.807, 2.05) is 52.0 Å². The largest absolute Gasteiger partial charge is 0.460 e. The van der Waals surface area contributed by atoms with Gasteiger partial charge in [-0.3, -0.25) is 19.2 Å². The molecule has 1 aliphatic carbocycles. The van der Waals surface area contributed by atoms with Gasteiger partial charge in [-0.2, -0.15) is 0 Å². The van der Waals surface area contributed by atoms with Crippen LogP contribution in [0.4, 0.5) is 4.39 Å². The summed E-state index contributed by atoms with van der Waals surface area (Å²) in [5.74, 6) is -8.11. The average molecular weight is 900 g/mol. The number of Topliss-reactive ketones (excluding diaryl/α,β-unsaturated/α-hetero) is 3. The van der Waals surface area contributed by atoms with E-state index in [1.54, 1.807) is 27.9 Å². The van der Waals surface area contributed by atoms with E-state index in [0.717, 1.165) is 5.57 Å². The Kier molecular flexibility index (Phi) is 20.3. The van der Waals surface area contributed by atoms with Crippen molar-refractivity contribution < 1.29 is 57.5 Å². The number of carbonyl (C=O) groups excluding carboxylic acids is 5. The molecule has 3 fully saturated rings. The van der Waals surface area contributed by atoms with Crippen molar-refractivity contribution in [1.29, 1.82) is 0 Å². The fraction of sp³-hybridized carbons (Fsp3) is 0.745. The van der Waals surface area contributed by atoms with Crippen molar-refractivity contribution >= 4 is 29.2 Å². The molecule has 8 unspecified atom stereocenters. The molecule has 1 amide bonds. The Bertz CT molecular complexity index is 1740. The van der Waals surface area contributed by atoms with E-state index in [2.05, 4.69) is 6.08 Å². The van der Waals surface area contributed by atoms with Gasteiger partial charge in [0.2, 0.25) is 5.79 Å². The van der Waals surface area contributed by atoms with Crippen LogP contribution >= 0.6 is 0 Å². The quantitative estimate of drug-likeness (QED) is 0.157. The summed E-state index contributed by atoms with van der Waals surface area (Å²) in [5.41, 5.74) is 1.13. The number of fused-ring (bicyclic) bond motifs is 3. The van der Waals surface area contributed by atoms with Gasteiger partial charge < -0.3 is 34.1 Å². The standard InChI is InChI=1S/C51H78FNO11/c1-30-14-15-31(2)18-21-39-22-19-37(8)51(60,64-39)48(57)49(58)53-24-12-11-13-40(53)50(59)63-43(34(5)27-38-20-23-41(54)44(28-38)61-9)29-42(55)33(4)26-35(6)45(52)47(62-10)46(56)36(7)25-32(3)17-16-30/h14-18,26,30,32-34,36-41,43-45,47,54,60H,11-13,19-25,27-29H2,1-10H3/b15-14+,17-16+,31-18+,35-26+/t30?,32-,33-,34-,36?,37-,38?,39?,40?,41+,43+,44?,45?,47-,51?/m1/s1. The molecule has 12 nitrogen and oxygen atoms in total. The lowest BCUT2D eigenvalue weighted by atomic mass is 9.78. The fourth-order valence-electron chi connectivity index (χ4n) is 9.87. The average Bonchev–Trinajstić information content (AvgIpc) is 3.27. The molecule has 2 N–H and O–H groups in total. The van der Waals surface area contributed by atoms with Crippen LogP contribution in [0.3, 0.4) is 0 Å². The number of aliphatic hydroxyl groups is 2. The number of piperidine rings is 1. The Balaban J connectivity index is 1.69. The Morgan fingerprint density at radius 1 is 0.922 bits per heavy atom. The number of carbonyl (C=O) groups is 5. The Morgan fingerprint density at radius 2 is 1.64 bits per heavy atom. The molecular formula is C51H78FNO11. The van der Waals surface area contributed by atoms with Gasteiger partial charge in [-0.25, -0.2) is 9.18 Å². The van der Waals surface area contributed by atoms with E-state index >= 15 is 4.39 Å². The van der Waals surface area contributed by atoms with Gasteiger partial charge in [0.1, 0.15) is 17.9 Å². The van der Waals surface area contributed by atoms with Crippen molar-refractivity contribution in [2.75, 3.05) is 20.8 Å². The van der Waals surface area contributed by atoms with Crippen molar-refractivity contribution in [3.8, 4) is 0 Å². The first-order valence-corrected chi connectivity index (χ1v) is 23.8. The summed E-state index contributed by atoms with van der Waals surface area (Å²) in [4.78, 5) is 71.4. The first-order chi connectivity index (χ1) is 30.2. The summed E-state index contributed by atoms with van der Waals surface area (Å²) in [7, 11) is 2.87. The summed E-state index contributed by atoms with van der Waals surface area (Å²) >= 11 is 0. The van der Waals surface area contributed by atoms with E-state index in [-0.39, 0.29) is 66.3 Å². The minimum Gasteiger partial charge on any atom is -0.460 e. The molecular weight excluding hydrogens is 822 g/mol. The van der Waals surface area contributed by atoms with Gasteiger partial charge in [0.05, 0.1) is 18.3 Å². The molecule has 0 aromatic carbocycles. The Hall–Kier alpha value is -3.36. The normalized spacial score (nSPS) is 40.9. The summed E-state index contributed by atoms with van der Waals surface area (Å²) < 4.78 is 39.5. The minimum atomic E-state index is -2.39. The highest BCUT2D eigenvalue weighted by Gasteiger charge is 2.52. The molecule has 64 heavy (non-hydrogen) atoms. The maximum atomic E-state index is 16.2. The van der Waals surface area contributed by atoms with E-state index < -0.39 is 77.8 Å². The van der Waals surface area contributed by atoms with E-state index in [1.165, 1.54) is 25.0 Å². The number of aliphatic hydroxyl groups excluding tert-OH is 1. The highest BCUT2D eigenvalue weighted by Crippen LogP contribution is 2.37. The van der Waals surface area contributed by atoms with Crippen molar-refractivity contribution in [2.45, 2.75) is 181 Å². The lowest BCUT2D eigenvalue weighted by Crippen LogP contribution is -2.60. The monoisotopic (exact) mass is 900 g/mol. The number of alkyl halides is 1. The highest BCUT2D eigenvalue weighted by atomic mass is 19.1. The van der Waals surface area contributed by atoms with Gasteiger partial charge in [0.15, 0.2) is 18.1 Å². The van der Waals surface area contributed by atoms with Crippen molar-refractivity contribution in [3.05, 3.63) is 47.6 Å². The zero-order valence-electron chi connectivity index (χ0n) is 40.1. The number of hydrogen-bond acceptors (Lipinski definition) is 11. The van der Waals surface area contributed by atoms with Crippen LogP contribution in [0.2, 0.25) is 0 Å². The second kappa shape index (κ2) is 24.4. The van der Waals surface area contributed by atoms with Crippen LogP contribution in [-0.4, -0.2) is 114 Å². The number of nitrogens with zero attached hydrogens (tertiary/aromatic N) is 1. The summed E-state index contributed by atoms with van der Waals surface area (Å²) in [6.07, 6.45) is 11.5. The van der Waals surface area contributed by atoms with Crippen LogP contribution in [0.1, 0.15) is 132 Å². The molecule has 15 atom stereocenters. The maximum Gasteiger partial charge on any atom is 0.329 e. The molecule has 13 heteroatoms. The number of amides is 1. The van der Waals surface area contributed by atoms with Gasteiger partial charge in [-0.05, 0) is 114 Å². The van der Waals surface area contributed by atoms with Crippen LogP contribution in [0.5, 0.6) is 0 Å². The zero-order valence-corrected chi connectivity index (χ0v) is 40.1. The molecule has 0 aromatic heterocycles. The number of cyclic esters (lactones) is 1. The molecule has 360 valence electrons. The zero-order chi connectivity index (χ0) is 47.5. The fourth-order valence-corrected chi connectivity index (χ4v) is 9.87. The highest BCUT2D eigenvalue weighted by molar-refractivity contribution is 6.39. The molecule has 4 rings (SSSR count). The molecule has 2 saturated heterocycles. The summed E-state index contributed by atoms with van der Waals surface area (Å²) in [6, 6.07) is -1.14. The minimum absolute atomic E-state index is 0.0165. The summed E-state index contributed by atoms with van der Waals surface area (Å²) in [6.45, 7) is 14.6. The number of allylic oxidation sites excluding steroid dienone is 6. The molecule has 3 aliphatic heterocycles. The number of esters is 1. The third-order valence-corrected chi connectivity index (χ3v) is 14.2. The molecule has 3 heterocycles. The third-order valence-electron chi connectivity index (χ3n) is 14.2. The number of ketones is 3. The third kappa shape index (κ3) is 14.1. The molecule has 0 spiro atoms. The lowest BCUT2D eigenvalue weighted by Gasteiger charge is -2.42. The predicted molar refractivity (Wildman–Crippen MR) is 242 cm³/mol. The van der Waals surface area contributed by atoms with E-state index in [9.17, 15) is 34.2 Å². The predicted octanol–water partition coefficient (Wildman–Crippen LogP) is 7.78. The second-order valence-corrected chi connectivity index (χ2v) is 19.7. The van der Waals surface area contributed by atoms with Crippen LogP contribution in [-0.2, 0) is 42.9 Å². The number of halogens is 1. The van der Waals surface area contributed by atoms with Gasteiger partial charge in [-0.15, -0.1) is 0 Å². The van der Waals surface area contributed by atoms with Crippen molar-refractivity contribution in [2.24, 2.45) is 41.4 Å². The van der Waals surface area contributed by atoms with Crippen LogP contribution in [0.25, 0.3) is 0 Å². The SMILES string of the molecule is COC1CC(C[C@@H](C)[C@@H]2CC(=O)[C@H](C)/C=C(\C)C(F)[C@@H](OC)C(=O)C(C)C[C@H](C)/C=C/C(C)/C=C/C(C)=C/CC3CC[C@@H](C)C(O)(O3)C(=O)C(=O)N3CCCCC3C(=O)O2)CC[C@@H]1O. The van der Waals surface area contributed by atoms with Crippen LogP contribution in [0, 0.1) is 41.4 Å². The van der Waals surface area contributed by atoms with Crippen molar-refractivity contribution in [3.63, 3.8) is 0 Å². The number of hydrogen-bond donors (Lipinski definition) is 2. The van der Waals surface area contributed by atoms with E-state index in [0.29, 0.717) is 64.2 Å². The van der Waals surface area contributed by atoms with Crippen LogP contribution in [0.15, 0.2) is 47.6 Å². The van der Waals surface area contributed by atoms with Gasteiger partial charge in [-0.1, -0.05) is 83.6 Å². The first-order valence-electron chi connectivity index (χ1n) is 23.8. The lowest BCUT2D eigenvalue weighted by molar-refractivity contribution is -0.262. The van der Waals surface area contributed by atoms with Crippen LogP contribution < -0.4 is 0 Å². The second-order valence-electron chi connectivity index (χ2n) is 19.7. The Morgan fingerprint density at radius 3 is 2.33 bits per heavy atom. The topological polar surface area (TPSA) is 166 Å². The molecule has 0 aromatic rings. The molecule has 1 saturated carbocycles. The van der Waals surface area contributed by atoms with E-state index in [4.69, 9.17) is 18.9 Å². The van der Waals surface area contributed by atoms with Gasteiger partial charge in [0, 0.05) is 44.9 Å².